The van der Waals surface area contributed by atoms with Crippen molar-refractivity contribution in [2.24, 2.45) is 0 Å². The fraction of sp³-hybridized carbons (Fsp3) is 0.667. The van der Waals surface area contributed by atoms with Crippen LogP contribution in [0.4, 0.5) is 0 Å². The summed E-state index contributed by atoms with van der Waals surface area (Å²) in [5.41, 5.74) is 2.67. The highest BCUT2D eigenvalue weighted by molar-refractivity contribution is 5.24. The highest BCUT2D eigenvalue weighted by Gasteiger charge is 2.52. The fourth-order valence-corrected chi connectivity index (χ4v) is 4.20. The van der Waals surface area contributed by atoms with E-state index in [1.807, 2.05) is 0 Å². The van der Waals surface area contributed by atoms with Gasteiger partial charge < -0.3 is 14.8 Å². The standard InChI is InChI=1S/C18H27NO2/c1-14-5-7-15(8-6-14)11-17(4)13-18(20-9-10-21-18)12-16(2,3)19-17/h5-8,19H,9-13H2,1-4H3. The third kappa shape index (κ3) is 3.31. The molecule has 0 aliphatic carbocycles. The Morgan fingerprint density at radius 3 is 2.24 bits per heavy atom. The summed E-state index contributed by atoms with van der Waals surface area (Å²) in [5.74, 6) is -0.395. The molecule has 0 bridgehead atoms. The van der Waals surface area contributed by atoms with Crippen molar-refractivity contribution < 1.29 is 9.47 Å². The summed E-state index contributed by atoms with van der Waals surface area (Å²) in [5, 5.41) is 3.82. The first kappa shape index (κ1) is 15.0. The third-order valence-corrected chi connectivity index (χ3v) is 4.54. The van der Waals surface area contributed by atoms with Crippen molar-refractivity contribution in [3.8, 4) is 0 Å². The maximum Gasteiger partial charge on any atom is 0.171 e. The molecule has 2 aliphatic heterocycles. The maximum absolute atomic E-state index is 6.01. The first-order valence-corrected chi connectivity index (χ1v) is 7.93. The molecule has 1 aromatic rings. The quantitative estimate of drug-likeness (QED) is 0.907. The minimum Gasteiger partial charge on any atom is -0.347 e. The van der Waals surface area contributed by atoms with Gasteiger partial charge in [0.25, 0.3) is 0 Å². The Morgan fingerprint density at radius 2 is 1.62 bits per heavy atom. The highest BCUT2D eigenvalue weighted by Crippen LogP contribution is 2.42. The van der Waals surface area contributed by atoms with Gasteiger partial charge in [-0.1, -0.05) is 29.8 Å². The van der Waals surface area contributed by atoms with Crippen LogP contribution in [0.25, 0.3) is 0 Å². The van der Waals surface area contributed by atoms with E-state index in [0.29, 0.717) is 0 Å². The first-order chi connectivity index (χ1) is 9.80. The second kappa shape index (κ2) is 5.08. The van der Waals surface area contributed by atoms with Gasteiger partial charge in [-0.15, -0.1) is 0 Å². The summed E-state index contributed by atoms with van der Waals surface area (Å²) < 4.78 is 12.0. The summed E-state index contributed by atoms with van der Waals surface area (Å²) in [7, 11) is 0. The average Bonchev–Trinajstić information content (AvgIpc) is 2.76. The smallest absolute Gasteiger partial charge is 0.171 e. The molecule has 3 nitrogen and oxygen atoms in total. The van der Waals surface area contributed by atoms with Gasteiger partial charge in [0.15, 0.2) is 5.79 Å². The van der Waals surface area contributed by atoms with Crippen LogP contribution in [0.2, 0.25) is 0 Å². The largest absolute Gasteiger partial charge is 0.347 e. The normalized spacial score (nSPS) is 30.7. The predicted molar refractivity (Wildman–Crippen MR) is 84.4 cm³/mol. The van der Waals surface area contributed by atoms with Gasteiger partial charge in [-0.05, 0) is 39.7 Å². The summed E-state index contributed by atoms with van der Waals surface area (Å²) in [6.45, 7) is 10.3. The summed E-state index contributed by atoms with van der Waals surface area (Å²) >= 11 is 0. The van der Waals surface area contributed by atoms with Crippen LogP contribution in [0, 0.1) is 6.92 Å². The van der Waals surface area contributed by atoms with Crippen molar-refractivity contribution in [1.82, 2.24) is 5.32 Å². The predicted octanol–water partition coefficient (Wildman–Crippen LogP) is 3.20. The molecule has 1 aromatic carbocycles. The van der Waals surface area contributed by atoms with E-state index in [4.69, 9.17) is 9.47 Å². The van der Waals surface area contributed by atoms with Crippen molar-refractivity contribution >= 4 is 0 Å². The lowest BCUT2D eigenvalue weighted by Crippen LogP contribution is -2.65. The molecule has 2 saturated heterocycles. The summed E-state index contributed by atoms with van der Waals surface area (Å²) in [4.78, 5) is 0. The average molecular weight is 289 g/mol. The molecule has 0 saturated carbocycles. The zero-order valence-corrected chi connectivity index (χ0v) is 13.7. The van der Waals surface area contributed by atoms with Crippen molar-refractivity contribution in [3.63, 3.8) is 0 Å². The number of aryl methyl sites for hydroxylation is 1. The number of hydrogen-bond donors (Lipinski definition) is 1. The molecule has 3 heteroatoms. The van der Waals surface area contributed by atoms with Crippen LogP contribution in [0.3, 0.4) is 0 Å². The minimum absolute atomic E-state index is 0.0126. The zero-order valence-electron chi connectivity index (χ0n) is 13.7. The molecule has 2 aliphatic rings. The number of ether oxygens (including phenoxy) is 2. The molecule has 0 radical (unpaired) electrons. The van der Waals surface area contributed by atoms with Crippen LogP contribution in [0.1, 0.15) is 44.7 Å². The summed E-state index contributed by atoms with van der Waals surface area (Å²) in [6, 6.07) is 8.83. The van der Waals surface area contributed by atoms with E-state index in [2.05, 4.69) is 57.3 Å². The van der Waals surface area contributed by atoms with E-state index in [0.717, 1.165) is 32.5 Å². The van der Waals surface area contributed by atoms with E-state index < -0.39 is 5.79 Å². The maximum atomic E-state index is 6.01. The Hall–Kier alpha value is -0.900. The number of hydrogen-bond acceptors (Lipinski definition) is 3. The van der Waals surface area contributed by atoms with Gasteiger partial charge in [0.2, 0.25) is 0 Å². The molecule has 2 heterocycles. The Labute approximate surface area is 128 Å². The molecule has 0 aromatic heterocycles. The number of benzene rings is 1. The Balaban J connectivity index is 1.82. The van der Waals surface area contributed by atoms with E-state index in [9.17, 15) is 0 Å². The van der Waals surface area contributed by atoms with Gasteiger partial charge in [-0.25, -0.2) is 0 Å². The van der Waals surface area contributed by atoms with E-state index >= 15 is 0 Å². The molecule has 116 valence electrons. The summed E-state index contributed by atoms with van der Waals surface area (Å²) in [6.07, 6.45) is 2.80. The molecular formula is C18H27NO2. The van der Waals surface area contributed by atoms with Crippen molar-refractivity contribution in [1.29, 1.82) is 0 Å². The Morgan fingerprint density at radius 1 is 1.00 bits per heavy atom. The SMILES string of the molecule is Cc1ccc(CC2(C)CC3(CC(C)(C)N2)OCCO3)cc1. The molecule has 1 unspecified atom stereocenters. The Kier molecular flexibility index (Phi) is 3.63. The zero-order chi connectivity index (χ0) is 15.1. The van der Waals surface area contributed by atoms with Crippen LogP contribution in [0.15, 0.2) is 24.3 Å². The molecule has 1 atom stereocenters. The van der Waals surface area contributed by atoms with Crippen LogP contribution in [0.5, 0.6) is 0 Å². The highest BCUT2D eigenvalue weighted by atomic mass is 16.7. The number of nitrogens with one attached hydrogen (secondary N) is 1. The lowest BCUT2D eigenvalue weighted by atomic mass is 9.75. The molecule has 1 N–H and O–H groups in total. The third-order valence-electron chi connectivity index (χ3n) is 4.54. The van der Waals surface area contributed by atoms with Crippen molar-refractivity contribution in [2.45, 2.75) is 63.8 Å². The van der Waals surface area contributed by atoms with E-state index in [1.54, 1.807) is 0 Å². The van der Waals surface area contributed by atoms with E-state index in [1.165, 1.54) is 11.1 Å². The number of rotatable bonds is 2. The van der Waals surface area contributed by atoms with Gasteiger partial charge in [0, 0.05) is 23.9 Å². The fourth-order valence-electron chi connectivity index (χ4n) is 4.20. The van der Waals surface area contributed by atoms with Gasteiger partial charge >= 0.3 is 0 Å². The van der Waals surface area contributed by atoms with Gasteiger partial charge in [0.05, 0.1) is 13.2 Å². The van der Waals surface area contributed by atoms with Crippen LogP contribution >= 0.6 is 0 Å². The Bertz CT molecular complexity index is 502. The van der Waals surface area contributed by atoms with Crippen LogP contribution in [-0.2, 0) is 15.9 Å². The monoisotopic (exact) mass is 289 g/mol. The second-order valence-corrected chi connectivity index (χ2v) is 7.69. The second-order valence-electron chi connectivity index (χ2n) is 7.69. The molecule has 21 heavy (non-hydrogen) atoms. The molecule has 0 amide bonds. The van der Waals surface area contributed by atoms with Gasteiger partial charge in [0.1, 0.15) is 0 Å². The lowest BCUT2D eigenvalue weighted by molar-refractivity contribution is -0.207. The molecule has 1 spiro atoms. The van der Waals surface area contributed by atoms with Crippen molar-refractivity contribution in [3.05, 3.63) is 35.4 Å². The van der Waals surface area contributed by atoms with Crippen LogP contribution in [-0.4, -0.2) is 30.1 Å². The molecular weight excluding hydrogens is 262 g/mol. The number of piperidine rings is 1. The minimum atomic E-state index is -0.395. The topological polar surface area (TPSA) is 30.5 Å². The molecule has 2 fully saturated rings. The first-order valence-electron chi connectivity index (χ1n) is 7.93. The van der Waals surface area contributed by atoms with Crippen molar-refractivity contribution in [2.75, 3.05) is 13.2 Å². The van der Waals surface area contributed by atoms with E-state index in [-0.39, 0.29) is 11.1 Å². The van der Waals surface area contributed by atoms with Gasteiger partial charge in [-0.3, -0.25) is 0 Å². The lowest BCUT2D eigenvalue weighted by Gasteiger charge is -2.51. The molecule has 3 rings (SSSR count). The van der Waals surface area contributed by atoms with Crippen LogP contribution < -0.4 is 5.32 Å². The van der Waals surface area contributed by atoms with Gasteiger partial charge in [-0.2, -0.15) is 0 Å².